The fraction of sp³-hybridized carbons (Fsp3) is 0.278. The Hall–Kier alpha value is -1.56. The van der Waals surface area contributed by atoms with Crippen molar-refractivity contribution in [3.05, 3.63) is 57.5 Å². The van der Waals surface area contributed by atoms with Gasteiger partial charge in [-0.15, -0.1) is 0 Å². The van der Waals surface area contributed by atoms with E-state index in [2.05, 4.69) is 21.2 Å². The van der Waals surface area contributed by atoms with Gasteiger partial charge in [-0.25, -0.2) is 0 Å². The summed E-state index contributed by atoms with van der Waals surface area (Å²) < 4.78 is 6.53. The molecule has 0 saturated carbocycles. The number of nitrogens with one attached hydrogen (secondary N) is 2. The molecule has 2 aromatic rings. The highest BCUT2D eigenvalue weighted by Crippen LogP contribution is 2.23. The van der Waals surface area contributed by atoms with Gasteiger partial charge in [0, 0.05) is 9.50 Å². The highest BCUT2D eigenvalue weighted by molar-refractivity contribution is 9.10. The van der Waals surface area contributed by atoms with Crippen LogP contribution in [0.1, 0.15) is 5.56 Å². The van der Waals surface area contributed by atoms with Crippen molar-refractivity contribution in [2.75, 3.05) is 32.1 Å². The van der Waals surface area contributed by atoms with E-state index in [9.17, 15) is 4.79 Å². The molecule has 0 fully saturated rings. The van der Waals surface area contributed by atoms with Crippen LogP contribution in [0, 0.1) is 6.92 Å². The zero-order valence-electron chi connectivity index (χ0n) is 13.7. The minimum absolute atomic E-state index is 0.0245. The van der Waals surface area contributed by atoms with Gasteiger partial charge in [-0.2, -0.15) is 0 Å². The molecule has 0 aliphatic heterocycles. The fourth-order valence-electron chi connectivity index (χ4n) is 2.15. The average molecular weight is 413 g/mol. The third kappa shape index (κ3) is 6.15. The number of halogens is 2. The van der Waals surface area contributed by atoms with Crippen LogP contribution in [0.25, 0.3) is 0 Å². The summed E-state index contributed by atoms with van der Waals surface area (Å²) in [6.07, 6.45) is 0. The van der Waals surface area contributed by atoms with Crippen LogP contribution in [-0.4, -0.2) is 32.7 Å². The maximum Gasteiger partial charge on any atom is 0.279 e. The summed E-state index contributed by atoms with van der Waals surface area (Å²) in [6.45, 7) is 3.65. The van der Waals surface area contributed by atoms with Gasteiger partial charge < -0.3 is 15.0 Å². The maximum atomic E-state index is 12.1. The molecule has 24 heavy (non-hydrogen) atoms. The third-order valence-corrected chi connectivity index (χ3v) is 4.38. The number of anilines is 1. The van der Waals surface area contributed by atoms with Crippen LogP contribution in [0.2, 0.25) is 5.02 Å². The van der Waals surface area contributed by atoms with Crippen molar-refractivity contribution in [2.45, 2.75) is 6.92 Å². The third-order valence-electron chi connectivity index (χ3n) is 3.47. The normalized spacial score (nSPS) is 11.8. The van der Waals surface area contributed by atoms with Crippen molar-refractivity contribution >= 4 is 39.1 Å². The van der Waals surface area contributed by atoms with Crippen LogP contribution in [0.5, 0.6) is 5.75 Å². The lowest BCUT2D eigenvalue weighted by atomic mass is 10.2. The number of rotatable bonds is 7. The lowest BCUT2D eigenvalue weighted by Gasteiger charge is -2.15. The SMILES string of the molecule is Cc1ccc(NC(=O)C[NH+](C)CCOc2ccc(Cl)cc2)c(Br)c1. The van der Waals surface area contributed by atoms with Crippen molar-refractivity contribution in [3.63, 3.8) is 0 Å². The molecule has 0 heterocycles. The van der Waals surface area contributed by atoms with Crippen LogP contribution in [0.4, 0.5) is 5.69 Å². The topological polar surface area (TPSA) is 42.8 Å². The van der Waals surface area contributed by atoms with E-state index in [4.69, 9.17) is 16.3 Å². The number of quaternary nitrogens is 1. The van der Waals surface area contributed by atoms with E-state index in [-0.39, 0.29) is 5.91 Å². The average Bonchev–Trinajstić information content (AvgIpc) is 2.52. The summed E-state index contributed by atoms with van der Waals surface area (Å²) in [7, 11) is 1.97. The number of likely N-dealkylation sites (N-methyl/N-ethyl adjacent to an activating group) is 1. The van der Waals surface area contributed by atoms with E-state index in [1.54, 1.807) is 12.1 Å². The molecule has 0 bridgehead atoms. The van der Waals surface area contributed by atoms with Gasteiger partial charge >= 0.3 is 0 Å². The minimum Gasteiger partial charge on any atom is -0.488 e. The Morgan fingerprint density at radius 1 is 1.25 bits per heavy atom. The highest BCUT2D eigenvalue weighted by Gasteiger charge is 2.11. The molecule has 6 heteroatoms. The summed E-state index contributed by atoms with van der Waals surface area (Å²) in [5, 5.41) is 3.60. The van der Waals surface area contributed by atoms with Crippen molar-refractivity contribution in [1.82, 2.24) is 0 Å². The maximum absolute atomic E-state index is 12.1. The summed E-state index contributed by atoms with van der Waals surface area (Å²) in [5.74, 6) is 0.754. The number of ether oxygens (including phenoxy) is 1. The number of carbonyl (C=O) groups excluding carboxylic acids is 1. The van der Waals surface area contributed by atoms with Crippen molar-refractivity contribution in [2.24, 2.45) is 0 Å². The quantitative estimate of drug-likeness (QED) is 0.734. The molecule has 1 atom stereocenters. The highest BCUT2D eigenvalue weighted by atomic mass is 79.9. The molecule has 0 aromatic heterocycles. The van der Waals surface area contributed by atoms with E-state index in [0.717, 1.165) is 32.9 Å². The van der Waals surface area contributed by atoms with E-state index < -0.39 is 0 Å². The van der Waals surface area contributed by atoms with Gasteiger partial charge in [-0.05, 0) is 64.8 Å². The fourth-order valence-corrected chi connectivity index (χ4v) is 2.87. The molecule has 4 nitrogen and oxygen atoms in total. The molecular formula is C18H21BrClN2O2+. The lowest BCUT2D eigenvalue weighted by molar-refractivity contribution is -0.871. The standard InChI is InChI=1S/C18H20BrClN2O2/c1-13-3-8-17(16(19)11-13)21-18(23)12-22(2)9-10-24-15-6-4-14(20)5-7-15/h3-8,11H,9-10,12H2,1-2H3,(H,21,23)/p+1. The monoisotopic (exact) mass is 411 g/mol. The Bertz CT molecular complexity index is 692. The van der Waals surface area contributed by atoms with Gasteiger partial charge in [0.2, 0.25) is 0 Å². The van der Waals surface area contributed by atoms with Gasteiger partial charge in [0.25, 0.3) is 5.91 Å². The first-order valence-corrected chi connectivity index (χ1v) is 8.87. The molecule has 128 valence electrons. The smallest absolute Gasteiger partial charge is 0.279 e. The van der Waals surface area contributed by atoms with Gasteiger partial charge in [-0.1, -0.05) is 17.7 Å². The molecule has 0 saturated heterocycles. The Morgan fingerprint density at radius 3 is 2.62 bits per heavy atom. The van der Waals surface area contributed by atoms with E-state index in [0.29, 0.717) is 18.2 Å². The largest absolute Gasteiger partial charge is 0.488 e. The van der Waals surface area contributed by atoms with Crippen LogP contribution >= 0.6 is 27.5 Å². The van der Waals surface area contributed by atoms with Crippen LogP contribution in [0.3, 0.4) is 0 Å². The Morgan fingerprint density at radius 2 is 1.96 bits per heavy atom. The lowest BCUT2D eigenvalue weighted by Crippen LogP contribution is -3.10. The molecule has 2 N–H and O–H groups in total. The number of carbonyl (C=O) groups is 1. The predicted octanol–water partition coefficient (Wildman–Crippen LogP) is 2.94. The second-order valence-electron chi connectivity index (χ2n) is 5.72. The van der Waals surface area contributed by atoms with Gasteiger partial charge in [0.1, 0.15) is 18.9 Å². The first-order valence-electron chi connectivity index (χ1n) is 7.69. The molecular weight excluding hydrogens is 392 g/mol. The van der Waals surface area contributed by atoms with Crippen molar-refractivity contribution in [3.8, 4) is 5.75 Å². The van der Waals surface area contributed by atoms with E-state index >= 15 is 0 Å². The predicted molar refractivity (Wildman–Crippen MR) is 101 cm³/mol. The van der Waals surface area contributed by atoms with E-state index in [1.165, 1.54) is 0 Å². The number of amides is 1. The van der Waals surface area contributed by atoms with Gasteiger partial charge in [0.15, 0.2) is 6.54 Å². The molecule has 0 radical (unpaired) electrons. The zero-order valence-corrected chi connectivity index (χ0v) is 16.1. The Labute approximate surface area is 155 Å². The summed E-state index contributed by atoms with van der Waals surface area (Å²) in [5.41, 5.74) is 1.93. The number of hydrogen-bond acceptors (Lipinski definition) is 2. The van der Waals surface area contributed by atoms with Gasteiger partial charge in [0.05, 0.1) is 12.7 Å². The van der Waals surface area contributed by atoms with Gasteiger partial charge in [-0.3, -0.25) is 4.79 Å². The number of hydrogen-bond donors (Lipinski definition) is 2. The number of benzene rings is 2. The first kappa shape index (κ1) is 18.8. The summed E-state index contributed by atoms with van der Waals surface area (Å²) >= 11 is 9.30. The zero-order chi connectivity index (χ0) is 17.5. The second kappa shape index (κ2) is 9.06. The first-order chi connectivity index (χ1) is 11.4. The Kier molecular flexibility index (Phi) is 7.09. The summed E-state index contributed by atoms with van der Waals surface area (Å²) in [6, 6.07) is 13.1. The molecule has 2 rings (SSSR count). The molecule has 1 unspecified atom stereocenters. The molecule has 0 aliphatic rings. The molecule has 0 aliphatic carbocycles. The number of aryl methyl sites for hydroxylation is 1. The van der Waals surface area contributed by atoms with Crippen LogP contribution < -0.4 is 15.0 Å². The Balaban J connectivity index is 1.74. The summed E-state index contributed by atoms with van der Waals surface area (Å²) in [4.78, 5) is 13.2. The van der Waals surface area contributed by atoms with Crippen LogP contribution in [-0.2, 0) is 4.79 Å². The van der Waals surface area contributed by atoms with E-state index in [1.807, 2.05) is 44.3 Å². The van der Waals surface area contributed by atoms with Crippen LogP contribution in [0.15, 0.2) is 46.9 Å². The molecule has 0 spiro atoms. The second-order valence-corrected chi connectivity index (χ2v) is 7.01. The van der Waals surface area contributed by atoms with Crippen molar-refractivity contribution < 1.29 is 14.4 Å². The minimum atomic E-state index is -0.0245. The van der Waals surface area contributed by atoms with Crippen molar-refractivity contribution in [1.29, 1.82) is 0 Å². The molecule has 1 amide bonds. The molecule has 2 aromatic carbocycles.